The number of nitrogens with zero attached hydrogens (tertiary/aromatic N) is 4. The van der Waals surface area contributed by atoms with Gasteiger partial charge >= 0.3 is 0 Å². The third-order valence-electron chi connectivity index (χ3n) is 7.90. The summed E-state index contributed by atoms with van der Waals surface area (Å²) in [5, 5.41) is 0. The van der Waals surface area contributed by atoms with E-state index >= 15 is 0 Å². The van der Waals surface area contributed by atoms with Gasteiger partial charge in [-0.05, 0) is 68.7 Å². The van der Waals surface area contributed by atoms with E-state index < -0.39 is 15.8 Å². The van der Waals surface area contributed by atoms with Gasteiger partial charge in [-0.2, -0.15) is 4.31 Å². The fourth-order valence-electron chi connectivity index (χ4n) is 5.47. The minimum Gasteiger partial charge on any atom is -0.497 e. The fraction of sp³-hybridized carbons (Fsp3) is 0.400. The number of aryl methyl sites for hydroxylation is 2. The van der Waals surface area contributed by atoms with E-state index in [1.807, 2.05) is 48.2 Å². The number of anilines is 1. The van der Waals surface area contributed by atoms with Crippen LogP contribution in [-0.2, 0) is 10.0 Å². The van der Waals surface area contributed by atoms with Crippen LogP contribution in [0.5, 0.6) is 5.75 Å². The van der Waals surface area contributed by atoms with Crippen LogP contribution < -0.4 is 9.64 Å². The zero-order valence-electron chi connectivity index (χ0n) is 23.1. The Hall–Kier alpha value is -3.50. The minimum absolute atomic E-state index is 0.0355. The maximum Gasteiger partial charge on any atom is 0.255 e. The van der Waals surface area contributed by atoms with E-state index in [1.54, 1.807) is 14.0 Å². The molecule has 2 aromatic carbocycles. The van der Waals surface area contributed by atoms with Crippen LogP contribution in [0.1, 0.15) is 46.1 Å². The third kappa shape index (κ3) is 5.69. The smallest absolute Gasteiger partial charge is 0.255 e. The number of rotatable bonds is 6. The molecule has 2 aliphatic rings. The average molecular weight is 567 g/mol. The normalized spacial score (nSPS) is 17.2. The summed E-state index contributed by atoms with van der Waals surface area (Å²) in [5.41, 5.74) is 3.61. The molecule has 10 heteroatoms. The molecule has 3 heterocycles. The topological polar surface area (TPSA) is 83.1 Å². The van der Waals surface area contributed by atoms with Gasteiger partial charge in [0, 0.05) is 62.6 Å². The first kappa shape index (κ1) is 28.0. The number of sulfonamides is 1. The quantitative estimate of drug-likeness (QED) is 0.441. The van der Waals surface area contributed by atoms with Gasteiger partial charge in [0.2, 0.25) is 10.0 Å². The predicted octanol–water partition coefficient (Wildman–Crippen LogP) is 4.38. The molecule has 2 aliphatic heterocycles. The Labute approximate surface area is 235 Å². The monoisotopic (exact) mass is 566 g/mol. The second-order valence-electron chi connectivity index (χ2n) is 10.5. The maximum atomic E-state index is 14.1. The summed E-state index contributed by atoms with van der Waals surface area (Å²) in [7, 11) is -2.16. The van der Waals surface area contributed by atoms with Crippen molar-refractivity contribution in [3.05, 3.63) is 82.9 Å². The molecule has 0 spiro atoms. The van der Waals surface area contributed by atoms with E-state index in [1.165, 1.54) is 16.4 Å². The highest BCUT2D eigenvalue weighted by atomic mass is 32.2. The van der Waals surface area contributed by atoms with Gasteiger partial charge < -0.3 is 14.5 Å². The molecular weight excluding hydrogens is 531 g/mol. The number of aromatic nitrogens is 1. The number of hydrogen-bond acceptors (Lipinski definition) is 6. The lowest BCUT2D eigenvalue weighted by Crippen LogP contribution is -2.49. The van der Waals surface area contributed by atoms with Crippen LogP contribution in [0.3, 0.4) is 0 Å². The molecular formula is C30H35FN4O4S. The van der Waals surface area contributed by atoms with Crippen molar-refractivity contribution in [2.24, 2.45) is 0 Å². The Morgan fingerprint density at radius 3 is 2.35 bits per heavy atom. The SMILES string of the molecule is COc1cccc(N2CCN(C(=O)c3ccc(C)nc3C3CCN(S(=O)(=O)c4ccc(C)c(F)c4)CC3)CC2)c1. The van der Waals surface area contributed by atoms with Gasteiger partial charge in [0.15, 0.2) is 0 Å². The van der Waals surface area contributed by atoms with Crippen molar-refractivity contribution in [3.63, 3.8) is 0 Å². The van der Waals surface area contributed by atoms with E-state index in [9.17, 15) is 17.6 Å². The summed E-state index contributed by atoms with van der Waals surface area (Å²) < 4.78 is 47.2. The Kier molecular flexibility index (Phi) is 8.09. The molecule has 40 heavy (non-hydrogen) atoms. The van der Waals surface area contributed by atoms with Gasteiger partial charge in [0.1, 0.15) is 11.6 Å². The number of pyridine rings is 1. The first-order chi connectivity index (χ1) is 19.2. The first-order valence-electron chi connectivity index (χ1n) is 13.6. The summed E-state index contributed by atoms with van der Waals surface area (Å²) in [6.45, 7) is 6.67. The average Bonchev–Trinajstić information content (AvgIpc) is 2.98. The molecule has 8 nitrogen and oxygen atoms in total. The molecule has 0 bridgehead atoms. The molecule has 2 fully saturated rings. The summed E-state index contributed by atoms with van der Waals surface area (Å²) in [6, 6.07) is 15.7. The molecule has 1 amide bonds. The second-order valence-corrected chi connectivity index (χ2v) is 12.4. The van der Waals surface area contributed by atoms with Crippen LogP contribution in [0.25, 0.3) is 0 Å². The minimum atomic E-state index is -3.81. The number of piperazine rings is 1. The summed E-state index contributed by atoms with van der Waals surface area (Å²) in [5.74, 6) is 0.180. The van der Waals surface area contributed by atoms with Crippen molar-refractivity contribution < 1.29 is 22.3 Å². The number of amides is 1. The van der Waals surface area contributed by atoms with Crippen LogP contribution >= 0.6 is 0 Å². The van der Waals surface area contributed by atoms with Crippen LogP contribution in [-0.4, -0.2) is 74.9 Å². The van der Waals surface area contributed by atoms with Crippen molar-refractivity contribution >= 4 is 21.6 Å². The number of carbonyl (C=O) groups is 1. The number of hydrogen-bond donors (Lipinski definition) is 0. The van der Waals surface area contributed by atoms with E-state index in [-0.39, 0.29) is 29.8 Å². The predicted molar refractivity (Wildman–Crippen MR) is 152 cm³/mol. The van der Waals surface area contributed by atoms with Gasteiger partial charge in [-0.25, -0.2) is 12.8 Å². The van der Waals surface area contributed by atoms with E-state index in [4.69, 9.17) is 9.72 Å². The fourth-order valence-corrected chi connectivity index (χ4v) is 6.95. The number of piperidine rings is 1. The zero-order chi connectivity index (χ0) is 28.4. The highest BCUT2D eigenvalue weighted by Crippen LogP contribution is 2.33. The third-order valence-corrected chi connectivity index (χ3v) is 9.80. The number of ether oxygens (including phenoxy) is 1. The van der Waals surface area contributed by atoms with Crippen LogP contribution in [0.15, 0.2) is 59.5 Å². The van der Waals surface area contributed by atoms with Gasteiger partial charge in [0.25, 0.3) is 5.91 Å². The van der Waals surface area contributed by atoms with Gasteiger partial charge in [-0.3, -0.25) is 9.78 Å². The molecule has 212 valence electrons. The first-order valence-corrected chi connectivity index (χ1v) is 15.0. The number of benzene rings is 2. The van der Waals surface area contributed by atoms with Crippen LogP contribution in [0, 0.1) is 19.7 Å². The van der Waals surface area contributed by atoms with Crippen molar-refractivity contribution in [2.75, 3.05) is 51.3 Å². The Balaban J connectivity index is 1.27. The molecule has 2 saturated heterocycles. The highest BCUT2D eigenvalue weighted by Gasteiger charge is 2.33. The Bertz CT molecular complexity index is 1500. The number of halogens is 1. The maximum absolute atomic E-state index is 14.1. The van der Waals surface area contributed by atoms with Gasteiger partial charge in [0.05, 0.1) is 23.3 Å². The summed E-state index contributed by atoms with van der Waals surface area (Å²) in [6.07, 6.45) is 1.07. The number of methoxy groups -OCH3 is 1. The molecule has 1 aromatic heterocycles. The number of carbonyl (C=O) groups excluding carboxylic acids is 1. The van der Waals surface area contributed by atoms with Gasteiger partial charge in [-0.1, -0.05) is 12.1 Å². The van der Waals surface area contributed by atoms with E-state index in [0.717, 1.165) is 28.9 Å². The van der Waals surface area contributed by atoms with Gasteiger partial charge in [-0.15, -0.1) is 0 Å². The molecule has 0 unspecified atom stereocenters. The molecule has 3 aromatic rings. The standard InChI is InChI=1S/C30H35FN4O4S/c1-21-7-9-26(20-28(21)31)40(37,38)35-13-11-23(12-14-35)29-27(10-8-22(2)32-29)30(36)34-17-15-33(16-18-34)24-5-4-6-25(19-24)39-3/h4-10,19-20,23H,11-18H2,1-3H3. The molecule has 0 saturated carbocycles. The van der Waals surface area contributed by atoms with E-state index in [2.05, 4.69) is 4.90 Å². The lowest BCUT2D eigenvalue weighted by atomic mass is 9.90. The molecule has 0 atom stereocenters. The second kappa shape index (κ2) is 11.5. The lowest BCUT2D eigenvalue weighted by Gasteiger charge is -2.37. The van der Waals surface area contributed by atoms with Crippen molar-refractivity contribution in [2.45, 2.75) is 37.5 Å². The Morgan fingerprint density at radius 2 is 1.68 bits per heavy atom. The summed E-state index contributed by atoms with van der Waals surface area (Å²) in [4.78, 5) is 22.5. The lowest BCUT2D eigenvalue weighted by molar-refractivity contribution is 0.0744. The largest absolute Gasteiger partial charge is 0.497 e. The molecule has 5 rings (SSSR count). The zero-order valence-corrected chi connectivity index (χ0v) is 24.0. The highest BCUT2D eigenvalue weighted by molar-refractivity contribution is 7.89. The summed E-state index contributed by atoms with van der Waals surface area (Å²) >= 11 is 0. The van der Waals surface area contributed by atoms with Crippen molar-refractivity contribution in [1.82, 2.24) is 14.2 Å². The molecule has 0 N–H and O–H groups in total. The van der Waals surface area contributed by atoms with Crippen LogP contribution in [0.4, 0.5) is 10.1 Å². The van der Waals surface area contributed by atoms with Crippen LogP contribution in [0.2, 0.25) is 0 Å². The van der Waals surface area contributed by atoms with E-state index in [0.29, 0.717) is 50.1 Å². The molecule has 0 aliphatic carbocycles. The van der Waals surface area contributed by atoms with Crippen molar-refractivity contribution in [3.8, 4) is 5.75 Å². The molecule has 0 radical (unpaired) electrons. The Morgan fingerprint density at radius 1 is 0.950 bits per heavy atom. The van der Waals surface area contributed by atoms with Crippen molar-refractivity contribution in [1.29, 1.82) is 0 Å².